The van der Waals surface area contributed by atoms with Crippen LogP contribution in [0.5, 0.6) is 5.75 Å². The molecular formula is C25H25ClN2O2. The van der Waals surface area contributed by atoms with Crippen LogP contribution in [0.1, 0.15) is 36.5 Å². The van der Waals surface area contributed by atoms with Crippen LogP contribution in [0.25, 0.3) is 10.9 Å². The van der Waals surface area contributed by atoms with Gasteiger partial charge in [-0.25, -0.2) is 0 Å². The predicted molar refractivity (Wildman–Crippen MR) is 119 cm³/mol. The second kappa shape index (κ2) is 7.92. The quantitative estimate of drug-likeness (QED) is 0.572. The maximum atomic E-state index is 12.6. The smallest absolute Gasteiger partial charge is 0.251 e. The maximum absolute atomic E-state index is 12.6. The SMILES string of the molecule is CCC(NC(=O)c1ccc(Cl)cc1)C1C2CC(Oc3cnc4ccccc4c3)CC21. The fraction of sp³-hybridized carbons (Fsp3) is 0.360. The third-order valence-electron chi connectivity index (χ3n) is 6.66. The van der Waals surface area contributed by atoms with E-state index in [-0.39, 0.29) is 18.1 Å². The van der Waals surface area contributed by atoms with Gasteiger partial charge in [-0.15, -0.1) is 0 Å². The van der Waals surface area contributed by atoms with E-state index in [1.165, 1.54) is 0 Å². The first-order valence-corrected chi connectivity index (χ1v) is 11.1. The Labute approximate surface area is 181 Å². The van der Waals surface area contributed by atoms with E-state index in [1.807, 2.05) is 24.4 Å². The van der Waals surface area contributed by atoms with Crippen molar-refractivity contribution in [1.29, 1.82) is 0 Å². The molecule has 1 amide bonds. The molecule has 30 heavy (non-hydrogen) atoms. The number of benzene rings is 2. The fourth-order valence-corrected chi connectivity index (χ4v) is 5.29. The normalized spacial score (nSPS) is 25.5. The van der Waals surface area contributed by atoms with Crippen LogP contribution in [-0.4, -0.2) is 23.0 Å². The van der Waals surface area contributed by atoms with Crippen molar-refractivity contribution in [3.05, 3.63) is 71.4 Å². The molecule has 2 fully saturated rings. The van der Waals surface area contributed by atoms with Gasteiger partial charge in [0.2, 0.25) is 0 Å². The molecule has 0 spiro atoms. The Kier molecular flexibility index (Phi) is 5.11. The molecule has 2 aromatic carbocycles. The molecular weight excluding hydrogens is 396 g/mol. The van der Waals surface area contributed by atoms with Crippen molar-refractivity contribution in [3.8, 4) is 5.75 Å². The van der Waals surface area contributed by atoms with E-state index >= 15 is 0 Å². The van der Waals surface area contributed by atoms with E-state index in [0.717, 1.165) is 35.9 Å². The molecule has 2 aliphatic carbocycles. The van der Waals surface area contributed by atoms with Gasteiger partial charge in [0.1, 0.15) is 5.75 Å². The highest BCUT2D eigenvalue weighted by Crippen LogP contribution is 2.60. The minimum Gasteiger partial charge on any atom is -0.489 e. The Morgan fingerprint density at radius 3 is 2.63 bits per heavy atom. The Morgan fingerprint density at radius 1 is 1.17 bits per heavy atom. The Balaban J connectivity index is 1.17. The number of aromatic nitrogens is 1. The van der Waals surface area contributed by atoms with Gasteiger partial charge in [-0.2, -0.15) is 0 Å². The number of carbonyl (C=O) groups excluding carboxylic acids is 1. The average Bonchev–Trinajstić information content (AvgIpc) is 3.25. The third-order valence-corrected chi connectivity index (χ3v) is 6.92. The Hall–Kier alpha value is -2.59. The zero-order valence-corrected chi connectivity index (χ0v) is 17.7. The number of hydrogen-bond donors (Lipinski definition) is 1. The molecule has 0 radical (unpaired) electrons. The topological polar surface area (TPSA) is 51.2 Å². The van der Waals surface area contributed by atoms with Crippen LogP contribution >= 0.6 is 11.6 Å². The minimum atomic E-state index is -0.0153. The first-order chi connectivity index (χ1) is 14.6. The lowest BCUT2D eigenvalue weighted by Gasteiger charge is -2.22. The molecule has 4 nitrogen and oxygen atoms in total. The molecule has 0 aliphatic heterocycles. The van der Waals surface area contributed by atoms with E-state index in [4.69, 9.17) is 16.3 Å². The number of ether oxygens (including phenoxy) is 1. The van der Waals surface area contributed by atoms with Crippen molar-refractivity contribution in [3.63, 3.8) is 0 Å². The lowest BCUT2D eigenvalue weighted by molar-refractivity contribution is 0.0924. The second-order valence-electron chi connectivity index (χ2n) is 8.48. The number of carbonyl (C=O) groups is 1. The van der Waals surface area contributed by atoms with Crippen molar-refractivity contribution >= 4 is 28.4 Å². The van der Waals surface area contributed by atoms with Gasteiger partial charge in [-0.3, -0.25) is 9.78 Å². The van der Waals surface area contributed by atoms with E-state index in [9.17, 15) is 4.79 Å². The summed E-state index contributed by atoms with van der Waals surface area (Å²) in [4.78, 5) is 17.1. The Bertz CT molecular complexity index is 1060. The number of hydrogen-bond acceptors (Lipinski definition) is 3. The summed E-state index contributed by atoms with van der Waals surface area (Å²) in [6.07, 6.45) is 5.11. The first kappa shape index (κ1) is 19.4. The number of rotatable bonds is 6. The molecule has 1 heterocycles. The molecule has 0 bridgehead atoms. The zero-order chi connectivity index (χ0) is 20.7. The van der Waals surface area contributed by atoms with Gasteiger partial charge in [-0.1, -0.05) is 36.7 Å². The number of fused-ring (bicyclic) bond motifs is 2. The van der Waals surface area contributed by atoms with E-state index in [2.05, 4.69) is 29.4 Å². The van der Waals surface area contributed by atoms with Gasteiger partial charge in [0.15, 0.2) is 0 Å². The number of para-hydroxylation sites is 1. The Morgan fingerprint density at radius 2 is 1.90 bits per heavy atom. The molecule has 0 saturated heterocycles. The summed E-state index contributed by atoms with van der Waals surface area (Å²) in [5.41, 5.74) is 1.65. The van der Waals surface area contributed by atoms with Gasteiger partial charge in [0, 0.05) is 22.0 Å². The van der Waals surface area contributed by atoms with Crippen molar-refractivity contribution in [1.82, 2.24) is 10.3 Å². The molecule has 1 aromatic heterocycles. The average molecular weight is 421 g/mol. The number of halogens is 1. The lowest BCUT2D eigenvalue weighted by Crippen LogP contribution is -2.37. The molecule has 5 rings (SSSR count). The first-order valence-electron chi connectivity index (χ1n) is 10.7. The van der Waals surface area contributed by atoms with E-state index in [1.54, 1.807) is 24.3 Å². The van der Waals surface area contributed by atoms with Crippen LogP contribution < -0.4 is 10.1 Å². The standard InChI is InChI=1S/C25H25ClN2O2/c1-2-22(28-25(29)15-7-9-17(26)10-8-15)24-20-12-18(13-21(20)24)30-19-11-16-5-3-4-6-23(16)27-14-19/h3-11,14,18,20-22,24H,2,12-13H2,1H3,(H,28,29). The summed E-state index contributed by atoms with van der Waals surface area (Å²) in [6.45, 7) is 2.15. The van der Waals surface area contributed by atoms with Gasteiger partial charge in [0.25, 0.3) is 5.91 Å². The number of nitrogens with one attached hydrogen (secondary N) is 1. The summed E-state index contributed by atoms with van der Waals surface area (Å²) in [5, 5.41) is 4.99. The molecule has 3 unspecified atom stereocenters. The summed E-state index contributed by atoms with van der Waals surface area (Å²) in [7, 11) is 0. The molecule has 2 saturated carbocycles. The molecule has 3 atom stereocenters. The summed E-state index contributed by atoms with van der Waals surface area (Å²) in [6, 6.07) is 17.4. The van der Waals surface area contributed by atoms with Crippen molar-refractivity contribution in [2.24, 2.45) is 17.8 Å². The van der Waals surface area contributed by atoms with Crippen LogP contribution in [0, 0.1) is 17.8 Å². The van der Waals surface area contributed by atoms with Crippen LogP contribution in [0.15, 0.2) is 60.8 Å². The van der Waals surface area contributed by atoms with Crippen LogP contribution in [0.4, 0.5) is 0 Å². The maximum Gasteiger partial charge on any atom is 0.251 e. The number of amides is 1. The van der Waals surface area contributed by atoms with Crippen LogP contribution in [-0.2, 0) is 0 Å². The largest absolute Gasteiger partial charge is 0.489 e. The van der Waals surface area contributed by atoms with Crippen molar-refractivity contribution in [2.75, 3.05) is 0 Å². The highest BCUT2D eigenvalue weighted by molar-refractivity contribution is 6.30. The molecule has 2 aliphatic rings. The van der Waals surface area contributed by atoms with E-state index in [0.29, 0.717) is 28.3 Å². The minimum absolute atomic E-state index is 0.0153. The van der Waals surface area contributed by atoms with Gasteiger partial charge >= 0.3 is 0 Å². The van der Waals surface area contributed by atoms with Gasteiger partial charge < -0.3 is 10.1 Å². The molecule has 5 heteroatoms. The number of pyridine rings is 1. The summed E-state index contributed by atoms with van der Waals surface area (Å²) < 4.78 is 6.25. The van der Waals surface area contributed by atoms with Gasteiger partial charge in [0.05, 0.1) is 17.8 Å². The van der Waals surface area contributed by atoms with E-state index < -0.39 is 0 Å². The van der Waals surface area contributed by atoms with Crippen LogP contribution in [0.2, 0.25) is 5.02 Å². The second-order valence-corrected chi connectivity index (χ2v) is 8.91. The molecule has 1 N–H and O–H groups in total. The predicted octanol–water partition coefficient (Wildman–Crippen LogP) is 5.50. The number of nitrogens with zero attached hydrogens (tertiary/aromatic N) is 1. The van der Waals surface area contributed by atoms with Gasteiger partial charge in [-0.05, 0) is 73.4 Å². The summed E-state index contributed by atoms with van der Waals surface area (Å²) >= 11 is 5.93. The highest BCUT2D eigenvalue weighted by Gasteiger charge is 2.59. The third kappa shape index (κ3) is 3.77. The van der Waals surface area contributed by atoms with Crippen LogP contribution in [0.3, 0.4) is 0 Å². The molecule has 154 valence electrons. The van der Waals surface area contributed by atoms with Crippen molar-refractivity contribution in [2.45, 2.75) is 38.3 Å². The monoisotopic (exact) mass is 420 g/mol. The fourth-order valence-electron chi connectivity index (χ4n) is 5.17. The van der Waals surface area contributed by atoms with Crippen molar-refractivity contribution < 1.29 is 9.53 Å². The summed E-state index contributed by atoms with van der Waals surface area (Å²) in [5.74, 6) is 2.66. The zero-order valence-electron chi connectivity index (χ0n) is 16.9. The lowest BCUT2D eigenvalue weighted by atomic mass is 10.00. The highest BCUT2D eigenvalue weighted by atomic mass is 35.5. The molecule has 3 aromatic rings.